The van der Waals surface area contributed by atoms with Crippen LogP contribution in [0.2, 0.25) is 10.0 Å². The van der Waals surface area contributed by atoms with Gasteiger partial charge >= 0.3 is 0 Å². The number of hydrogen-bond acceptors (Lipinski definition) is 4. The highest BCUT2D eigenvalue weighted by molar-refractivity contribution is 6.35. The van der Waals surface area contributed by atoms with Crippen molar-refractivity contribution >= 4 is 34.9 Å². The number of benzene rings is 2. The number of ketones is 1. The smallest absolute Gasteiger partial charge is 0.225 e. The van der Waals surface area contributed by atoms with Crippen LogP contribution in [0.4, 0.5) is 0 Å². The van der Waals surface area contributed by atoms with Crippen molar-refractivity contribution in [3.8, 4) is 11.5 Å². The Morgan fingerprint density at radius 1 is 0.933 bits per heavy atom. The van der Waals surface area contributed by atoms with E-state index in [1.165, 1.54) is 0 Å². The summed E-state index contributed by atoms with van der Waals surface area (Å²) in [5, 5.41) is 3.89. The number of carbonyl (C=O) groups excluding carboxylic acids is 2. The predicted octanol–water partition coefficient (Wildman–Crippen LogP) is 5.01. The Kier molecular flexibility index (Phi) is 5.76. The zero-order valence-corrected chi connectivity index (χ0v) is 18.1. The summed E-state index contributed by atoms with van der Waals surface area (Å²) in [7, 11) is 3.20. The van der Waals surface area contributed by atoms with Crippen molar-refractivity contribution in [3.05, 3.63) is 68.8 Å². The predicted molar refractivity (Wildman–Crippen MR) is 116 cm³/mol. The van der Waals surface area contributed by atoms with E-state index < -0.39 is 0 Å². The van der Waals surface area contributed by atoms with Gasteiger partial charge in [-0.3, -0.25) is 9.59 Å². The Bertz CT molecular complexity index is 1060. The molecule has 1 amide bonds. The maximum Gasteiger partial charge on any atom is 0.225 e. The Balaban J connectivity index is 1.75. The molecule has 2 atom stereocenters. The number of halogens is 2. The maximum absolute atomic E-state index is 13.3. The third-order valence-electron chi connectivity index (χ3n) is 5.75. The van der Waals surface area contributed by atoms with Crippen LogP contribution < -0.4 is 14.8 Å². The van der Waals surface area contributed by atoms with E-state index in [1.54, 1.807) is 32.4 Å². The Morgan fingerprint density at radius 3 is 2.43 bits per heavy atom. The average Bonchev–Trinajstić information content (AvgIpc) is 2.72. The minimum atomic E-state index is -0.376. The van der Waals surface area contributed by atoms with E-state index >= 15 is 0 Å². The molecule has 4 rings (SSSR count). The molecular formula is C23H21Cl2NO4. The summed E-state index contributed by atoms with van der Waals surface area (Å²) in [6.45, 7) is 0. The molecule has 0 saturated heterocycles. The van der Waals surface area contributed by atoms with Gasteiger partial charge in [0.15, 0.2) is 5.78 Å². The first-order valence-electron chi connectivity index (χ1n) is 9.64. The Morgan fingerprint density at radius 2 is 1.73 bits per heavy atom. The molecule has 30 heavy (non-hydrogen) atoms. The number of carbonyl (C=O) groups is 2. The zero-order chi connectivity index (χ0) is 21.4. The van der Waals surface area contributed by atoms with E-state index in [2.05, 4.69) is 5.32 Å². The van der Waals surface area contributed by atoms with Crippen LogP contribution in [0, 0.1) is 0 Å². The Hall–Kier alpha value is -2.50. The lowest BCUT2D eigenvalue weighted by Crippen LogP contribution is -2.38. The molecule has 2 aromatic carbocycles. The zero-order valence-electron chi connectivity index (χ0n) is 16.6. The van der Waals surface area contributed by atoms with Crippen molar-refractivity contribution in [2.75, 3.05) is 14.2 Å². The number of nitrogens with one attached hydrogen (secondary N) is 1. The summed E-state index contributed by atoms with van der Waals surface area (Å²) < 4.78 is 10.9. The summed E-state index contributed by atoms with van der Waals surface area (Å²) in [6, 6.07) is 10.7. The molecule has 0 saturated carbocycles. The molecular weight excluding hydrogens is 425 g/mol. The third-order valence-corrected chi connectivity index (χ3v) is 6.31. The van der Waals surface area contributed by atoms with Crippen LogP contribution in [0.15, 0.2) is 47.7 Å². The van der Waals surface area contributed by atoms with Gasteiger partial charge in [0.2, 0.25) is 5.91 Å². The molecule has 156 valence electrons. The van der Waals surface area contributed by atoms with Gasteiger partial charge in [-0.15, -0.1) is 0 Å². The fraction of sp³-hybridized carbons (Fsp3) is 0.304. The quantitative estimate of drug-likeness (QED) is 0.717. The van der Waals surface area contributed by atoms with Crippen molar-refractivity contribution in [3.63, 3.8) is 0 Å². The SMILES string of the molecule is COc1ccc(OC)c([C@H]2CC(=O)C3=C(C2)NC(=O)C[C@@H]3c2ccc(Cl)cc2Cl)c1. The van der Waals surface area contributed by atoms with Crippen LogP contribution in [0.3, 0.4) is 0 Å². The topological polar surface area (TPSA) is 64.6 Å². The number of allylic oxidation sites excluding steroid dienone is 2. The highest BCUT2D eigenvalue weighted by atomic mass is 35.5. The average molecular weight is 446 g/mol. The molecule has 0 aromatic heterocycles. The van der Waals surface area contributed by atoms with E-state index in [4.69, 9.17) is 32.7 Å². The standard InChI is InChI=1S/C23H21Cl2NO4/c1-29-14-4-6-21(30-2)16(10-14)12-7-19-23(20(27)8-12)17(11-22(28)26-19)15-5-3-13(24)9-18(15)25/h3-6,9-10,12,17H,7-8,11H2,1-2H3,(H,26,28)/t12-,17-/m1/s1. The molecule has 7 heteroatoms. The van der Waals surface area contributed by atoms with Crippen LogP contribution in [-0.4, -0.2) is 25.9 Å². The van der Waals surface area contributed by atoms with Crippen molar-refractivity contribution in [2.45, 2.75) is 31.1 Å². The third kappa shape index (κ3) is 3.80. The first kappa shape index (κ1) is 20.8. The van der Waals surface area contributed by atoms with E-state index in [-0.39, 0.29) is 29.9 Å². The van der Waals surface area contributed by atoms with E-state index in [0.29, 0.717) is 45.7 Å². The first-order valence-corrected chi connectivity index (χ1v) is 10.4. The molecule has 1 N–H and O–H groups in total. The molecule has 1 aliphatic carbocycles. The molecule has 0 unspecified atom stereocenters. The summed E-state index contributed by atoms with van der Waals surface area (Å²) in [4.78, 5) is 25.8. The molecule has 0 radical (unpaired) electrons. The van der Waals surface area contributed by atoms with Crippen LogP contribution in [0.5, 0.6) is 11.5 Å². The van der Waals surface area contributed by atoms with Gasteiger partial charge in [0.25, 0.3) is 0 Å². The number of rotatable bonds is 4. The fourth-order valence-corrected chi connectivity index (χ4v) is 4.93. The van der Waals surface area contributed by atoms with E-state index in [0.717, 1.165) is 11.1 Å². The molecule has 1 aliphatic heterocycles. The van der Waals surface area contributed by atoms with Crippen molar-refractivity contribution in [1.29, 1.82) is 0 Å². The van der Waals surface area contributed by atoms with Gasteiger partial charge in [-0.25, -0.2) is 0 Å². The molecule has 0 bridgehead atoms. The largest absolute Gasteiger partial charge is 0.497 e. The second-order valence-electron chi connectivity index (χ2n) is 7.50. The Labute approximate surface area is 185 Å². The number of ether oxygens (including phenoxy) is 2. The highest BCUT2D eigenvalue weighted by Gasteiger charge is 2.39. The lowest BCUT2D eigenvalue weighted by atomic mass is 9.73. The summed E-state index contributed by atoms with van der Waals surface area (Å²) >= 11 is 12.4. The lowest BCUT2D eigenvalue weighted by molar-refractivity contribution is -0.122. The summed E-state index contributed by atoms with van der Waals surface area (Å²) in [5.74, 6) is 0.756. The van der Waals surface area contributed by atoms with E-state index in [9.17, 15) is 9.59 Å². The summed E-state index contributed by atoms with van der Waals surface area (Å²) in [5.41, 5.74) is 2.93. The monoisotopic (exact) mass is 445 g/mol. The maximum atomic E-state index is 13.3. The van der Waals surface area contributed by atoms with Crippen LogP contribution in [0.1, 0.15) is 42.2 Å². The normalized spacial score (nSPS) is 21.2. The number of Topliss-reactive ketones (excluding diaryl/α,β-unsaturated/α-hetero) is 1. The lowest BCUT2D eigenvalue weighted by Gasteiger charge is -2.35. The first-order chi connectivity index (χ1) is 14.4. The number of amides is 1. The van der Waals surface area contributed by atoms with E-state index in [1.807, 2.05) is 18.2 Å². The molecule has 2 aliphatic rings. The molecule has 0 fully saturated rings. The van der Waals surface area contributed by atoms with Crippen molar-refractivity contribution < 1.29 is 19.1 Å². The van der Waals surface area contributed by atoms with Gasteiger partial charge < -0.3 is 14.8 Å². The highest BCUT2D eigenvalue weighted by Crippen LogP contribution is 2.46. The van der Waals surface area contributed by atoms with Gasteiger partial charge in [0.05, 0.1) is 14.2 Å². The fourth-order valence-electron chi connectivity index (χ4n) is 4.39. The van der Waals surface area contributed by atoms with Gasteiger partial charge in [0, 0.05) is 51.6 Å². The second-order valence-corrected chi connectivity index (χ2v) is 8.34. The summed E-state index contributed by atoms with van der Waals surface area (Å²) in [6.07, 6.45) is 1.02. The molecule has 1 heterocycles. The van der Waals surface area contributed by atoms with Crippen LogP contribution >= 0.6 is 23.2 Å². The van der Waals surface area contributed by atoms with Gasteiger partial charge in [0.1, 0.15) is 11.5 Å². The van der Waals surface area contributed by atoms with Crippen LogP contribution in [-0.2, 0) is 9.59 Å². The van der Waals surface area contributed by atoms with Crippen molar-refractivity contribution in [2.24, 2.45) is 0 Å². The molecule has 5 nitrogen and oxygen atoms in total. The van der Waals surface area contributed by atoms with Gasteiger partial charge in [-0.2, -0.15) is 0 Å². The van der Waals surface area contributed by atoms with Crippen molar-refractivity contribution in [1.82, 2.24) is 5.32 Å². The molecule has 0 spiro atoms. The number of hydrogen-bond donors (Lipinski definition) is 1. The van der Waals surface area contributed by atoms with Gasteiger partial charge in [-0.05, 0) is 42.3 Å². The second kappa shape index (κ2) is 8.32. The minimum Gasteiger partial charge on any atom is -0.497 e. The number of methoxy groups -OCH3 is 2. The minimum absolute atomic E-state index is 0.00198. The molecule has 2 aromatic rings. The van der Waals surface area contributed by atoms with Gasteiger partial charge in [-0.1, -0.05) is 29.3 Å². The van der Waals surface area contributed by atoms with Crippen LogP contribution in [0.25, 0.3) is 0 Å².